The number of hydrogen-bond donors (Lipinski definition) is 3. The van der Waals surface area contributed by atoms with Gasteiger partial charge in [-0.15, -0.1) is 0 Å². The summed E-state index contributed by atoms with van der Waals surface area (Å²) in [4.78, 5) is 0. The van der Waals surface area contributed by atoms with E-state index in [2.05, 4.69) is 12.2 Å². The lowest BCUT2D eigenvalue weighted by Crippen LogP contribution is -2.28. The Balaban J connectivity index is 1.72. The molecule has 3 N–H and O–H groups in total. The number of phenolic OH excluding ortho intramolecular Hbond substituents is 2. The van der Waals surface area contributed by atoms with E-state index in [0.717, 1.165) is 31.4 Å². The zero-order chi connectivity index (χ0) is 16.7. The molecule has 124 valence electrons. The van der Waals surface area contributed by atoms with Crippen molar-refractivity contribution in [2.75, 3.05) is 13.7 Å². The van der Waals surface area contributed by atoms with Crippen molar-refractivity contribution in [3.05, 3.63) is 53.6 Å². The summed E-state index contributed by atoms with van der Waals surface area (Å²) in [6.07, 6.45) is 2.92. The molecule has 0 aliphatic carbocycles. The SMILES string of the molecule is COc1cc(CCNC(C)CCc2ccc(O)cc2)ccc1O. The van der Waals surface area contributed by atoms with Crippen LogP contribution < -0.4 is 10.1 Å². The van der Waals surface area contributed by atoms with E-state index in [0.29, 0.717) is 17.5 Å². The van der Waals surface area contributed by atoms with Crippen LogP contribution in [0.4, 0.5) is 0 Å². The molecule has 1 atom stereocenters. The second kappa shape index (κ2) is 8.44. The van der Waals surface area contributed by atoms with Gasteiger partial charge in [-0.3, -0.25) is 0 Å². The summed E-state index contributed by atoms with van der Waals surface area (Å²) in [5.41, 5.74) is 2.37. The molecule has 4 nitrogen and oxygen atoms in total. The average Bonchev–Trinajstić information content (AvgIpc) is 2.56. The van der Waals surface area contributed by atoms with Gasteiger partial charge in [0.05, 0.1) is 7.11 Å². The average molecular weight is 315 g/mol. The zero-order valence-electron chi connectivity index (χ0n) is 13.7. The number of rotatable bonds is 8. The summed E-state index contributed by atoms with van der Waals surface area (Å²) in [7, 11) is 1.56. The standard InChI is InChI=1S/C19H25NO3/c1-14(3-4-15-5-8-17(21)9-6-15)20-12-11-16-7-10-18(22)19(13-16)23-2/h5-10,13-14,20-22H,3-4,11-12H2,1-2H3. The van der Waals surface area contributed by atoms with Crippen molar-refractivity contribution < 1.29 is 14.9 Å². The number of aryl methyl sites for hydroxylation is 1. The second-order valence-corrected chi connectivity index (χ2v) is 5.82. The van der Waals surface area contributed by atoms with Gasteiger partial charge in [-0.1, -0.05) is 18.2 Å². The molecule has 2 aromatic carbocycles. The van der Waals surface area contributed by atoms with Crippen molar-refractivity contribution >= 4 is 0 Å². The molecule has 4 heteroatoms. The van der Waals surface area contributed by atoms with E-state index in [9.17, 15) is 10.2 Å². The van der Waals surface area contributed by atoms with E-state index >= 15 is 0 Å². The fraction of sp³-hybridized carbons (Fsp3) is 0.368. The first-order valence-electron chi connectivity index (χ1n) is 7.95. The quantitative estimate of drug-likeness (QED) is 0.700. The Morgan fingerprint density at radius 2 is 1.70 bits per heavy atom. The van der Waals surface area contributed by atoms with E-state index in [1.807, 2.05) is 24.3 Å². The third kappa shape index (κ3) is 5.49. The van der Waals surface area contributed by atoms with Gasteiger partial charge >= 0.3 is 0 Å². The molecule has 0 amide bonds. The van der Waals surface area contributed by atoms with Crippen LogP contribution in [0.3, 0.4) is 0 Å². The van der Waals surface area contributed by atoms with Crippen LogP contribution in [0.2, 0.25) is 0 Å². The van der Waals surface area contributed by atoms with Gasteiger partial charge in [0, 0.05) is 6.04 Å². The molecule has 0 aliphatic heterocycles. The van der Waals surface area contributed by atoms with Crippen LogP contribution in [-0.4, -0.2) is 29.9 Å². The van der Waals surface area contributed by atoms with Crippen LogP contribution in [0, 0.1) is 0 Å². The van der Waals surface area contributed by atoms with Crippen molar-refractivity contribution in [3.8, 4) is 17.2 Å². The first-order chi connectivity index (χ1) is 11.1. The van der Waals surface area contributed by atoms with Crippen molar-refractivity contribution in [1.29, 1.82) is 0 Å². The molecule has 0 saturated heterocycles. The normalized spacial score (nSPS) is 12.1. The fourth-order valence-electron chi connectivity index (χ4n) is 2.49. The van der Waals surface area contributed by atoms with Crippen LogP contribution in [-0.2, 0) is 12.8 Å². The zero-order valence-corrected chi connectivity index (χ0v) is 13.7. The minimum Gasteiger partial charge on any atom is -0.508 e. The van der Waals surface area contributed by atoms with Crippen LogP contribution in [0.15, 0.2) is 42.5 Å². The molecule has 0 aliphatic rings. The highest BCUT2D eigenvalue weighted by Crippen LogP contribution is 2.26. The highest BCUT2D eigenvalue weighted by atomic mass is 16.5. The van der Waals surface area contributed by atoms with Gasteiger partial charge in [-0.05, 0) is 68.1 Å². The molecule has 1 unspecified atom stereocenters. The summed E-state index contributed by atoms with van der Waals surface area (Å²) in [5, 5.41) is 22.4. The van der Waals surface area contributed by atoms with Crippen molar-refractivity contribution in [2.24, 2.45) is 0 Å². The number of methoxy groups -OCH3 is 1. The third-order valence-corrected chi connectivity index (χ3v) is 3.95. The lowest BCUT2D eigenvalue weighted by molar-refractivity contribution is 0.373. The Kier molecular flexibility index (Phi) is 6.29. The van der Waals surface area contributed by atoms with E-state index in [-0.39, 0.29) is 5.75 Å². The van der Waals surface area contributed by atoms with Crippen LogP contribution in [0.1, 0.15) is 24.5 Å². The molecule has 0 saturated carbocycles. The lowest BCUT2D eigenvalue weighted by atomic mass is 10.1. The van der Waals surface area contributed by atoms with E-state index < -0.39 is 0 Å². The molecule has 23 heavy (non-hydrogen) atoms. The number of benzene rings is 2. The lowest BCUT2D eigenvalue weighted by Gasteiger charge is -2.14. The molecule has 0 spiro atoms. The maximum Gasteiger partial charge on any atom is 0.160 e. The molecule has 0 aromatic heterocycles. The maximum absolute atomic E-state index is 9.59. The first-order valence-corrected chi connectivity index (χ1v) is 7.95. The number of phenols is 2. The third-order valence-electron chi connectivity index (χ3n) is 3.95. The molecular weight excluding hydrogens is 290 g/mol. The summed E-state index contributed by atoms with van der Waals surface area (Å²) in [5.74, 6) is 0.999. The first kappa shape index (κ1) is 17.2. The number of nitrogens with one attached hydrogen (secondary N) is 1. The highest BCUT2D eigenvalue weighted by molar-refractivity contribution is 5.41. The second-order valence-electron chi connectivity index (χ2n) is 5.82. The summed E-state index contributed by atoms with van der Waals surface area (Å²) in [6.45, 7) is 3.06. The number of aromatic hydroxyl groups is 2. The van der Waals surface area contributed by atoms with Gasteiger partial charge < -0.3 is 20.3 Å². The Morgan fingerprint density at radius 1 is 1.00 bits per heavy atom. The minimum absolute atomic E-state index is 0.173. The summed E-state index contributed by atoms with van der Waals surface area (Å²) >= 11 is 0. The molecular formula is C19H25NO3. The van der Waals surface area contributed by atoms with Crippen molar-refractivity contribution in [3.63, 3.8) is 0 Å². The largest absolute Gasteiger partial charge is 0.508 e. The van der Waals surface area contributed by atoms with Crippen LogP contribution in [0.25, 0.3) is 0 Å². The highest BCUT2D eigenvalue weighted by Gasteiger charge is 2.05. The topological polar surface area (TPSA) is 61.7 Å². The van der Waals surface area contributed by atoms with E-state index in [4.69, 9.17) is 4.74 Å². The van der Waals surface area contributed by atoms with Crippen LogP contribution >= 0.6 is 0 Å². The minimum atomic E-state index is 0.173. The summed E-state index contributed by atoms with van der Waals surface area (Å²) in [6, 6.07) is 13.3. The van der Waals surface area contributed by atoms with Gasteiger partial charge in [0.15, 0.2) is 11.5 Å². The van der Waals surface area contributed by atoms with Crippen molar-refractivity contribution in [1.82, 2.24) is 5.32 Å². The molecule has 0 fully saturated rings. The van der Waals surface area contributed by atoms with Crippen molar-refractivity contribution in [2.45, 2.75) is 32.2 Å². The maximum atomic E-state index is 9.59. The van der Waals surface area contributed by atoms with E-state index in [1.165, 1.54) is 5.56 Å². The molecule has 2 rings (SSSR count). The predicted octanol–water partition coefficient (Wildman–Crippen LogP) is 3.26. The number of hydrogen-bond acceptors (Lipinski definition) is 4. The predicted molar refractivity (Wildman–Crippen MR) is 92.3 cm³/mol. The van der Waals surface area contributed by atoms with Gasteiger partial charge in [0.1, 0.15) is 5.75 Å². The van der Waals surface area contributed by atoms with Gasteiger partial charge in [-0.2, -0.15) is 0 Å². The van der Waals surface area contributed by atoms with Crippen LogP contribution in [0.5, 0.6) is 17.2 Å². The van der Waals surface area contributed by atoms with Gasteiger partial charge in [0.2, 0.25) is 0 Å². The Morgan fingerprint density at radius 3 is 2.39 bits per heavy atom. The van der Waals surface area contributed by atoms with E-state index in [1.54, 1.807) is 25.3 Å². The Bertz CT molecular complexity index is 611. The molecule has 0 radical (unpaired) electrons. The summed E-state index contributed by atoms with van der Waals surface area (Å²) < 4.78 is 5.12. The Hall–Kier alpha value is -2.20. The fourth-order valence-corrected chi connectivity index (χ4v) is 2.49. The molecule has 2 aromatic rings. The molecule has 0 heterocycles. The van der Waals surface area contributed by atoms with Gasteiger partial charge in [-0.25, -0.2) is 0 Å². The Labute approximate surface area is 137 Å². The van der Waals surface area contributed by atoms with Gasteiger partial charge in [0.25, 0.3) is 0 Å². The molecule has 0 bridgehead atoms. The monoisotopic (exact) mass is 315 g/mol. The smallest absolute Gasteiger partial charge is 0.160 e. The number of ether oxygens (including phenoxy) is 1.